The normalized spacial score (nSPS) is 10.3. The highest BCUT2D eigenvalue weighted by molar-refractivity contribution is 6.04. The molecule has 0 aliphatic heterocycles. The van der Waals surface area contributed by atoms with E-state index >= 15 is 0 Å². The van der Waals surface area contributed by atoms with Gasteiger partial charge in [-0.2, -0.15) is 0 Å². The number of nitrogens with zero attached hydrogens (tertiary/aromatic N) is 1. The lowest BCUT2D eigenvalue weighted by Crippen LogP contribution is -2.14. The van der Waals surface area contributed by atoms with Crippen LogP contribution in [0.3, 0.4) is 0 Å². The second-order valence-electron chi connectivity index (χ2n) is 6.74. The first-order valence-electron chi connectivity index (χ1n) is 9.36. The molecule has 0 aromatic heterocycles. The van der Waals surface area contributed by atoms with Crippen LogP contribution in [0, 0.1) is 11.8 Å². The van der Waals surface area contributed by atoms with Crippen molar-refractivity contribution in [1.82, 2.24) is 4.90 Å². The fourth-order valence-corrected chi connectivity index (χ4v) is 2.76. The summed E-state index contributed by atoms with van der Waals surface area (Å²) in [5.41, 5.74) is 3.20. The highest BCUT2D eigenvalue weighted by Crippen LogP contribution is 2.22. The molecule has 0 radical (unpaired) electrons. The molecular weight excluding hydrogens is 352 g/mol. The SMILES string of the molecule is COc1ccc(C(=O)Nc2ccc(C#CCCO)cc2)cc1CCCN(C)C. The fourth-order valence-electron chi connectivity index (χ4n) is 2.76. The molecule has 148 valence electrons. The minimum atomic E-state index is -0.157. The van der Waals surface area contributed by atoms with Crippen molar-refractivity contribution >= 4 is 11.6 Å². The summed E-state index contributed by atoms with van der Waals surface area (Å²) in [7, 11) is 5.74. The Labute approximate surface area is 167 Å². The summed E-state index contributed by atoms with van der Waals surface area (Å²) < 4.78 is 5.44. The Morgan fingerprint density at radius 3 is 2.57 bits per heavy atom. The van der Waals surface area contributed by atoms with Gasteiger partial charge in [-0.15, -0.1) is 0 Å². The summed E-state index contributed by atoms with van der Waals surface area (Å²) in [6.07, 6.45) is 2.30. The van der Waals surface area contributed by atoms with Gasteiger partial charge in [0, 0.05) is 23.2 Å². The lowest BCUT2D eigenvalue weighted by atomic mass is 10.0. The molecule has 2 aromatic carbocycles. The summed E-state index contributed by atoms with van der Waals surface area (Å²) in [6.45, 7) is 1.03. The predicted molar refractivity (Wildman–Crippen MR) is 113 cm³/mol. The first kappa shape index (κ1) is 21.5. The third kappa shape index (κ3) is 6.73. The van der Waals surface area contributed by atoms with Gasteiger partial charge < -0.3 is 20.1 Å². The highest BCUT2D eigenvalue weighted by Gasteiger charge is 2.11. The number of rotatable bonds is 8. The Morgan fingerprint density at radius 2 is 1.93 bits per heavy atom. The monoisotopic (exact) mass is 380 g/mol. The van der Waals surface area contributed by atoms with Gasteiger partial charge in [-0.3, -0.25) is 4.79 Å². The van der Waals surface area contributed by atoms with Gasteiger partial charge in [0.05, 0.1) is 13.7 Å². The van der Waals surface area contributed by atoms with Crippen LogP contribution in [0.2, 0.25) is 0 Å². The Kier molecular flexibility index (Phi) is 8.54. The molecule has 5 heteroatoms. The van der Waals surface area contributed by atoms with Gasteiger partial charge >= 0.3 is 0 Å². The van der Waals surface area contributed by atoms with Crippen molar-refractivity contribution in [3.8, 4) is 17.6 Å². The molecule has 2 rings (SSSR count). The zero-order chi connectivity index (χ0) is 20.4. The van der Waals surface area contributed by atoms with Gasteiger partial charge in [0.15, 0.2) is 0 Å². The van der Waals surface area contributed by atoms with E-state index in [1.165, 1.54) is 0 Å². The molecule has 0 saturated carbocycles. The number of aryl methyl sites for hydroxylation is 1. The number of ether oxygens (including phenoxy) is 1. The van der Waals surface area contributed by atoms with Gasteiger partial charge in [-0.05, 0) is 81.5 Å². The van der Waals surface area contributed by atoms with E-state index in [1.807, 2.05) is 50.5 Å². The lowest BCUT2D eigenvalue weighted by molar-refractivity contribution is 0.102. The van der Waals surface area contributed by atoms with Gasteiger partial charge in [0.1, 0.15) is 5.75 Å². The summed E-state index contributed by atoms with van der Waals surface area (Å²) in [5, 5.41) is 11.7. The zero-order valence-corrected chi connectivity index (χ0v) is 16.8. The second kappa shape index (κ2) is 11.1. The quantitative estimate of drug-likeness (QED) is 0.691. The number of hydrogen-bond donors (Lipinski definition) is 2. The number of carbonyl (C=O) groups is 1. The largest absolute Gasteiger partial charge is 0.496 e. The lowest BCUT2D eigenvalue weighted by Gasteiger charge is -2.13. The Hall–Kier alpha value is -2.81. The Bertz CT molecular complexity index is 833. The van der Waals surface area contributed by atoms with Gasteiger partial charge in [0.25, 0.3) is 5.91 Å². The minimum absolute atomic E-state index is 0.0557. The first-order chi connectivity index (χ1) is 13.5. The van der Waals surface area contributed by atoms with Gasteiger partial charge in [0.2, 0.25) is 0 Å². The molecule has 28 heavy (non-hydrogen) atoms. The molecular formula is C23H28N2O3. The van der Waals surface area contributed by atoms with Crippen LogP contribution in [-0.4, -0.2) is 50.3 Å². The molecule has 2 aromatic rings. The molecule has 0 atom stereocenters. The topological polar surface area (TPSA) is 61.8 Å². The molecule has 0 fully saturated rings. The van der Waals surface area contributed by atoms with Gasteiger partial charge in [-0.1, -0.05) is 11.8 Å². The molecule has 0 heterocycles. The highest BCUT2D eigenvalue weighted by atomic mass is 16.5. The van der Waals surface area contributed by atoms with Crippen LogP contribution < -0.4 is 10.1 Å². The maximum Gasteiger partial charge on any atom is 0.255 e. The van der Waals surface area contributed by atoms with E-state index < -0.39 is 0 Å². The Balaban J connectivity index is 2.06. The van der Waals surface area contributed by atoms with Crippen molar-refractivity contribution in [2.75, 3.05) is 39.7 Å². The summed E-state index contributed by atoms with van der Waals surface area (Å²) >= 11 is 0. The maximum absolute atomic E-state index is 12.6. The van der Waals surface area contributed by atoms with E-state index in [0.29, 0.717) is 17.7 Å². The van der Waals surface area contributed by atoms with E-state index in [4.69, 9.17) is 9.84 Å². The zero-order valence-electron chi connectivity index (χ0n) is 16.8. The molecule has 0 bridgehead atoms. The van der Waals surface area contributed by atoms with Gasteiger partial charge in [-0.25, -0.2) is 0 Å². The van der Waals surface area contributed by atoms with Crippen LogP contribution in [0.1, 0.15) is 34.3 Å². The number of benzene rings is 2. The van der Waals surface area contributed by atoms with Crippen molar-refractivity contribution < 1.29 is 14.6 Å². The summed E-state index contributed by atoms with van der Waals surface area (Å²) in [6, 6.07) is 12.9. The van der Waals surface area contributed by atoms with Crippen LogP contribution in [0.4, 0.5) is 5.69 Å². The van der Waals surface area contributed by atoms with Crippen molar-refractivity contribution in [2.24, 2.45) is 0 Å². The number of hydrogen-bond acceptors (Lipinski definition) is 4. The fraction of sp³-hybridized carbons (Fsp3) is 0.348. The molecule has 0 aliphatic rings. The summed E-state index contributed by atoms with van der Waals surface area (Å²) in [4.78, 5) is 14.8. The number of aliphatic hydroxyl groups is 1. The van der Waals surface area contributed by atoms with E-state index in [2.05, 4.69) is 22.1 Å². The van der Waals surface area contributed by atoms with Crippen LogP contribution in [0.25, 0.3) is 0 Å². The van der Waals surface area contributed by atoms with Crippen molar-refractivity contribution in [3.05, 3.63) is 59.2 Å². The number of carbonyl (C=O) groups excluding carboxylic acids is 1. The Morgan fingerprint density at radius 1 is 1.18 bits per heavy atom. The average Bonchev–Trinajstić information content (AvgIpc) is 2.69. The molecule has 2 N–H and O–H groups in total. The number of amides is 1. The van der Waals surface area contributed by atoms with Crippen LogP contribution in [0.15, 0.2) is 42.5 Å². The first-order valence-corrected chi connectivity index (χ1v) is 9.36. The third-order valence-corrected chi connectivity index (χ3v) is 4.21. The predicted octanol–water partition coefficient (Wildman–Crippen LogP) is 3.18. The standard InChI is InChI=1S/C23H28N2O3/c1-25(2)15-6-8-19-17-20(11-14-22(19)28-3)23(27)24-21-12-9-18(10-13-21)7-4-5-16-26/h9-14,17,26H,5-6,8,15-16H2,1-3H3,(H,24,27). The minimum Gasteiger partial charge on any atom is -0.496 e. The third-order valence-electron chi connectivity index (χ3n) is 4.21. The van der Waals surface area contributed by atoms with Crippen molar-refractivity contribution in [2.45, 2.75) is 19.3 Å². The average molecular weight is 380 g/mol. The number of methoxy groups -OCH3 is 1. The van der Waals surface area contributed by atoms with E-state index in [-0.39, 0.29) is 12.5 Å². The smallest absolute Gasteiger partial charge is 0.255 e. The maximum atomic E-state index is 12.6. The van der Waals surface area contributed by atoms with Crippen molar-refractivity contribution in [3.63, 3.8) is 0 Å². The summed E-state index contributed by atoms with van der Waals surface area (Å²) in [5.74, 6) is 6.49. The van der Waals surface area contributed by atoms with E-state index in [9.17, 15) is 4.79 Å². The van der Waals surface area contributed by atoms with E-state index in [0.717, 1.165) is 36.3 Å². The van der Waals surface area contributed by atoms with Crippen LogP contribution in [0.5, 0.6) is 5.75 Å². The van der Waals surface area contributed by atoms with E-state index in [1.54, 1.807) is 13.2 Å². The second-order valence-corrected chi connectivity index (χ2v) is 6.74. The van der Waals surface area contributed by atoms with Crippen LogP contribution in [-0.2, 0) is 6.42 Å². The molecule has 0 saturated heterocycles. The van der Waals surface area contributed by atoms with Crippen LogP contribution >= 0.6 is 0 Å². The number of aliphatic hydroxyl groups excluding tert-OH is 1. The molecule has 0 aliphatic carbocycles. The number of nitrogens with one attached hydrogen (secondary N) is 1. The molecule has 0 spiro atoms. The molecule has 1 amide bonds. The molecule has 5 nitrogen and oxygen atoms in total. The molecule has 0 unspecified atom stereocenters. The van der Waals surface area contributed by atoms with Crippen molar-refractivity contribution in [1.29, 1.82) is 0 Å². The number of anilines is 1.